The normalized spacial score (nSPS) is 15.9. The highest BCUT2D eigenvalue weighted by atomic mass is 16.2. The van der Waals surface area contributed by atoms with E-state index in [2.05, 4.69) is 10.3 Å². The number of likely N-dealkylation sites (tertiary alicyclic amines) is 1. The Kier molecular flexibility index (Phi) is 9.38. The summed E-state index contributed by atoms with van der Waals surface area (Å²) in [5.41, 5.74) is 9.30. The number of imide groups is 1. The molecule has 1 aromatic heterocycles. The lowest BCUT2D eigenvalue weighted by atomic mass is 9.93. The Morgan fingerprint density at radius 1 is 1.00 bits per heavy atom. The number of benzene rings is 2. The number of fused-ring (bicyclic) bond motifs is 2. The lowest BCUT2D eigenvalue weighted by molar-refractivity contribution is -0.132. The number of carbonyl (C=O) groups excluding carboxylic acids is 5. The lowest BCUT2D eigenvalue weighted by Crippen LogP contribution is -2.47. The number of rotatable bonds is 13. The second-order valence-corrected chi connectivity index (χ2v) is 11.1. The number of hydrogen-bond donors (Lipinski definition) is 2. The van der Waals surface area contributed by atoms with Crippen molar-refractivity contribution in [2.45, 2.75) is 63.3 Å². The number of aromatic nitrogens is 2. The maximum absolute atomic E-state index is 13.0. The van der Waals surface area contributed by atoms with Crippen molar-refractivity contribution in [1.82, 2.24) is 19.8 Å². The molecule has 2 aliphatic heterocycles. The SMILES string of the molecule is NC(=O)C(CCC=O)N1C(=O)c2ccc(NCCCCCC(=O)N3CCC(c4cnc5ccccc5n4)CC3)cc2C1=O. The van der Waals surface area contributed by atoms with E-state index < -0.39 is 23.8 Å². The van der Waals surface area contributed by atoms with Crippen LogP contribution in [0.4, 0.5) is 5.69 Å². The number of anilines is 1. The number of para-hydroxylation sites is 2. The van der Waals surface area contributed by atoms with E-state index in [-0.39, 0.29) is 29.9 Å². The zero-order valence-electron chi connectivity index (χ0n) is 24.0. The van der Waals surface area contributed by atoms with Crippen molar-refractivity contribution in [2.75, 3.05) is 25.0 Å². The molecule has 43 heavy (non-hydrogen) atoms. The zero-order valence-corrected chi connectivity index (χ0v) is 24.0. The zero-order chi connectivity index (χ0) is 30.3. The third-order valence-corrected chi connectivity index (χ3v) is 8.25. The number of unbranched alkanes of at least 4 members (excludes halogenated alkanes) is 2. The van der Waals surface area contributed by atoms with E-state index in [0.29, 0.717) is 30.9 Å². The van der Waals surface area contributed by atoms with E-state index in [1.807, 2.05) is 35.4 Å². The molecule has 4 amide bonds. The molecule has 0 spiro atoms. The monoisotopic (exact) mass is 584 g/mol. The maximum Gasteiger partial charge on any atom is 0.262 e. The first-order chi connectivity index (χ1) is 20.9. The van der Waals surface area contributed by atoms with Crippen LogP contribution in [0.2, 0.25) is 0 Å². The maximum atomic E-state index is 13.0. The fourth-order valence-corrected chi connectivity index (χ4v) is 5.84. The summed E-state index contributed by atoms with van der Waals surface area (Å²) in [5.74, 6) is -1.50. The molecular weight excluding hydrogens is 548 g/mol. The fourth-order valence-electron chi connectivity index (χ4n) is 5.84. The van der Waals surface area contributed by atoms with Gasteiger partial charge in [-0.3, -0.25) is 29.1 Å². The number of nitrogens with one attached hydrogen (secondary N) is 1. The van der Waals surface area contributed by atoms with Crippen molar-refractivity contribution in [3.8, 4) is 0 Å². The van der Waals surface area contributed by atoms with Gasteiger partial charge in [-0.2, -0.15) is 0 Å². The van der Waals surface area contributed by atoms with E-state index >= 15 is 0 Å². The van der Waals surface area contributed by atoms with Crippen LogP contribution < -0.4 is 11.1 Å². The van der Waals surface area contributed by atoms with E-state index in [1.54, 1.807) is 18.2 Å². The molecule has 5 rings (SSSR count). The molecule has 1 saturated heterocycles. The first kappa shape index (κ1) is 29.8. The van der Waals surface area contributed by atoms with Crippen LogP contribution in [0.1, 0.15) is 83.7 Å². The molecule has 0 bridgehead atoms. The number of nitrogens with two attached hydrogens (primary N) is 1. The van der Waals surface area contributed by atoms with Gasteiger partial charge in [0.2, 0.25) is 11.8 Å². The average molecular weight is 585 g/mol. The first-order valence-electron chi connectivity index (χ1n) is 14.9. The van der Waals surface area contributed by atoms with Gasteiger partial charge in [0, 0.05) is 50.3 Å². The molecule has 2 aliphatic rings. The van der Waals surface area contributed by atoms with Gasteiger partial charge in [-0.1, -0.05) is 18.6 Å². The molecule has 3 heterocycles. The highest BCUT2D eigenvalue weighted by Crippen LogP contribution is 2.29. The van der Waals surface area contributed by atoms with Crippen LogP contribution in [0.3, 0.4) is 0 Å². The second kappa shape index (κ2) is 13.5. The standard InChI is InChI=1S/C32H36N6O5/c33-30(41)28(9-6-18-39)38-31(42)23-12-11-22(19-24(23)32(38)43)34-15-5-1-2-10-29(40)37-16-13-21(14-17-37)27-20-35-25-7-3-4-8-26(25)36-27/h3-4,7-8,11-12,18-21,28,34H,1-2,5-6,9-10,13-17H2,(H2,33,41). The minimum absolute atomic E-state index is 0.00327. The Labute approximate surface area is 249 Å². The summed E-state index contributed by atoms with van der Waals surface area (Å²) in [7, 11) is 0. The van der Waals surface area contributed by atoms with Crippen molar-refractivity contribution in [3.63, 3.8) is 0 Å². The van der Waals surface area contributed by atoms with Gasteiger partial charge in [0.05, 0.1) is 27.9 Å². The predicted molar refractivity (Wildman–Crippen MR) is 160 cm³/mol. The number of piperidine rings is 1. The molecule has 11 heteroatoms. The van der Waals surface area contributed by atoms with Gasteiger partial charge in [0.25, 0.3) is 11.8 Å². The number of amides is 4. The molecule has 0 aliphatic carbocycles. The van der Waals surface area contributed by atoms with Crippen molar-refractivity contribution >= 4 is 46.6 Å². The summed E-state index contributed by atoms with van der Waals surface area (Å²) in [6, 6.07) is 11.6. The molecular formula is C32H36N6O5. The van der Waals surface area contributed by atoms with Gasteiger partial charge in [-0.25, -0.2) is 4.98 Å². The number of carbonyl (C=O) groups is 5. The second-order valence-electron chi connectivity index (χ2n) is 11.1. The van der Waals surface area contributed by atoms with Crippen LogP contribution in [-0.4, -0.2) is 75.4 Å². The molecule has 1 fully saturated rings. The van der Waals surface area contributed by atoms with Crippen LogP contribution in [0, 0.1) is 0 Å². The highest BCUT2D eigenvalue weighted by molar-refractivity contribution is 6.23. The van der Waals surface area contributed by atoms with Gasteiger partial charge in [-0.15, -0.1) is 0 Å². The summed E-state index contributed by atoms with van der Waals surface area (Å²) in [6.45, 7) is 2.10. The molecule has 0 saturated carbocycles. The van der Waals surface area contributed by atoms with E-state index in [9.17, 15) is 24.0 Å². The quantitative estimate of drug-likeness (QED) is 0.176. The number of aldehydes is 1. The Bertz CT molecular complexity index is 1530. The summed E-state index contributed by atoms with van der Waals surface area (Å²) in [4.78, 5) is 73.3. The predicted octanol–water partition coefficient (Wildman–Crippen LogP) is 3.44. The summed E-state index contributed by atoms with van der Waals surface area (Å²) < 4.78 is 0. The van der Waals surface area contributed by atoms with Crippen LogP contribution in [0.25, 0.3) is 11.0 Å². The third kappa shape index (κ3) is 6.71. The largest absolute Gasteiger partial charge is 0.385 e. The summed E-state index contributed by atoms with van der Waals surface area (Å²) in [5, 5.41) is 3.27. The molecule has 11 nitrogen and oxygen atoms in total. The number of nitrogens with zero attached hydrogens (tertiary/aromatic N) is 4. The molecule has 2 aromatic carbocycles. The van der Waals surface area contributed by atoms with E-state index in [4.69, 9.17) is 10.7 Å². The Morgan fingerprint density at radius 3 is 2.49 bits per heavy atom. The van der Waals surface area contributed by atoms with E-state index in [1.165, 1.54) is 0 Å². The van der Waals surface area contributed by atoms with Crippen LogP contribution in [-0.2, 0) is 14.4 Å². The lowest BCUT2D eigenvalue weighted by Gasteiger charge is -2.31. The minimum Gasteiger partial charge on any atom is -0.385 e. The van der Waals surface area contributed by atoms with Gasteiger partial charge >= 0.3 is 0 Å². The Balaban J connectivity index is 1.02. The van der Waals surface area contributed by atoms with Crippen LogP contribution >= 0.6 is 0 Å². The Hall–Kier alpha value is -4.67. The van der Waals surface area contributed by atoms with Gasteiger partial charge in [0.15, 0.2) is 0 Å². The number of primary amides is 1. The van der Waals surface area contributed by atoms with Crippen molar-refractivity contribution < 1.29 is 24.0 Å². The van der Waals surface area contributed by atoms with Crippen molar-refractivity contribution in [2.24, 2.45) is 5.73 Å². The molecule has 0 radical (unpaired) electrons. The van der Waals surface area contributed by atoms with E-state index in [0.717, 1.165) is 66.8 Å². The smallest absolute Gasteiger partial charge is 0.262 e. The highest BCUT2D eigenvalue weighted by Gasteiger charge is 2.42. The van der Waals surface area contributed by atoms with Crippen molar-refractivity contribution in [3.05, 3.63) is 65.5 Å². The summed E-state index contributed by atoms with van der Waals surface area (Å²) in [6.07, 6.45) is 7.28. The van der Waals surface area contributed by atoms with Crippen LogP contribution in [0.15, 0.2) is 48.7 Å². The average Bonchev–Trinajstić information content (AvgIpc) is 3.27. The molecule has 224 valence electrons. The third-order valence-electron chi connectivity index (χ3n) is 8.25. The van der Waals surface area contributed by atoms with Gasteiger partial charge in [-0.05, 0) is 62.4 Å². The minimum atomic E-state index is -1.16. The van der Waals surface area contributed by atoms with Gasteiger partial charge in [0.1, 0.15) is 12.3 Å². The van der Waals surface area contributed by atoms with Gasteiger partial charge < -0.3 is 20.7 Å². The number of hydrogen-bond acceptors (Lipinski definition) is 8. The first-order valence-corrected chi connectivity index (χ1v) is 14.9. The summed E-state index contributed by atoms with van der Waals surface area (Å²) >= 11 is 0. The molecule has 1 unspecified atom stereocenters. The van der Waals surface area contributed by atoms with Crippen LogP contribution in [0.5, 0.6) is 0 Å². The topological polar surface area (TPSA) is 156 Å². The molecule has 3 N–H and O–H groups in total. The molecule has 3 aromatic rings. The fraction of sp³-hybridized carbons (Fsp3) is 0.406. The molecule has 1 atom stereocenters. The Morgan fingerprint density at radius 2 is 1.74 bits per heavy atom. The van der Waals surface area contributed by atoms with Crippen molar-refractivity contribution in [1.29, 1.82) is 0 Å².